The SMILES string of the molecule is Cc1cc(C)c2c(n1)SCCN2C(=O)Nc1cccc(C(=O)NCCCN2CCCCC2)c1. The summed E-state index contributed by atoms with van der Waals surface area (Å²) in [6.07, 6.45) is 4.84. The monoisotopic (exact) mass is 467 g/mol. The Balaban J connectivity index is 1.33. The number of fused-ring (bicyclic) bond motifs is 1. The Bertz CT molecular complexity index is 1010. The average Bonchev–Trinajstić information content (AvgIpc) is 2.82. The largest absolute Gasteiger partial charge is 0.352 e. The molecule has 0 saturated carbocycles. The van der Waals surface area contributed by atoms with Gasteiger partial charge in [-0.3, -0.25) is 9.69 Å². The molecule has 3 amide bonds. The molecule has 4 rings (SSSR count). The topological polar surface area (TPSA) is 77.6 Å². The van der Waals surface area contributed by atoms with Crippen LogP contribution in [-0.2, 0) is 0 Å². The molecule has 0 bridgehead atoms. The van der Waals surface area contributed by atoms with Crippen molar-refractivity contribution in [2.45, 2.75) is 44.6 Å². The lowest BCUT2D eigenvalue weighted by molar-refractivity contribution is 0.0951. The number of carbonyl (C=O) groups excluding carboxylic acids is 2. The maximum Gasteiger partial charge on any atom is 0.326 e. The average molecular weight is 468 g/mol. The number of likely N-dealkylation sites (tertiary alicyclic amines) is 1. The summed E-state index contributed by atoms with van der Waals surface area (Å²) in [6, 6.07) is 8.92. The smallest absolute Gasteiger partial charge is 0.326 e. The first-order valence-corrected chi connectivity index (χ1v) is 12.8. The van der Waals surface area contributed by atoms with E-state index in [1.54, 1.807) is 34.9 Å². The van der Waals surface area contributed by atoms with Crippen molar-refractivity contribution in [3.63, 3.8) is 0 Å². The minimum absolute atomic E-state index is 0.111. The third-order valence-electron chi connectivity index (χ3n) is 6.11. The normalized spacial score (nSPS) is 16.2. The number of amides is 3. The summed E-state index contributed by atoms with van der Waals surface area (Å²) in [7, 11) is 0. The Hall–Kier alpha value is -2.58. The van der Waals surface area contributed by atoms with Crippen molar-refractivity contribution in [3.8, 4) is 0 Å². The van der Waals surface area contributed by atoms with Crippen LogP contribution in [0.15, 0.2) is 35.4 Å². The zero-order valence-corrected chi connectivity index (χ0v) is 20.3. The zero-order chi connectivity index (χ0) is 23.2. The number of pyridine rings is 1. The number of thioether (sulfide) groups is 1. The lowest BCUT2D eigenvalue weighted by Gasteiger charge is -2.30. The Morgan fingerprint density at radius 3 is 2.73 bits per heavy atom. The molecular formula is C25H33N5O2S. The summed E-state index contributed by atoms with van der Waals surface area (Å²) < 4.78 is 0. The van der Waals surface area contributed by atoms with E-state index in [0.717, 1.165) is 40.7 Å². The van der Waals surface area contributed by atoms with Crippen molar-refractivity contribution in [3.05, 3.63) is 47.2 Å². The molecule has 2 N–H and O–H groups in total. The van der Waals surface area contributed by atoms with Crippen LogP contribution in [0.2, 0.25) is 0 Å². The Labute approximate surface area is 200 Å². The highest BCUT2D eigenvalue weighted by Gasteiger charge is 2.26. The van der Waals surface area contributed by atoms with Gasteiger partial charge in [-0.05, 0) is 82.6 Å². The third-order valence-corrected chi connectivity index (χ3v) is 7.05. The van der Waals surface area contributed by atoms with Crippen molar-refractivity contribution in [1.29, 1.82) is 0 Å². The standard InChI is InChI=1S/C25H33N5O2S/c1-18-16-19(2)27-24-22(18)30(14-15-33-24)25(32)28-21-9-6-8-20(17-21)23(31)26-10-7-13-29-11-4-3-5-12-29/h6,8-9,16-17H,3-5,7,10-15H2,1-2H3,(H,26,31)(H,28,32). The molecule has 0 radical (unpaired) electrons. The molecule has 0 spiro atoms. The summed E-state index contributed by atoms with van der Waals surface area (Å²) in [5, 5.41) is 6.87. The van der Waals surface area contributed by atoms with Crippen LogP contribution in [0.4, 0.5) is 16.2 Å². The molecule has 1 aromatic carbocycles. The second-order valence-electron chi connectivity index (χ2n) is 8.76. The van der Waals surface area contributed by atoms with E-state index in [-0.39, 0.29) is 11.9 Å². The Morgan fingerprint density at radius 1 is 1.09 bits per heavy atom. The number of piperidine rings is 1. The summed E-state index contributed by atoms with van der Waals surface area (Å²) in [5.74, 6) is 0.691. The van der Waals surface area contributed by atoms with Crippen LogP contribution < -0.4 is 15.5 Å². The highest BCUT2D eigenvalue weighted by Crippen LogP contribution is 2.36. The van der Waals surface area contributed by atoms with Crippen molar-refractivity contribution < 1.29 is 9.59 Å². The molecule has 1 saturated heterocycles. The first kappa shape index (κ1) is 23.6. The van der Waals surface area contributed by atoms with Crippen LogP contribution in [0.5, 0.6) is 0 Å². The van der Waals surface area contributed by atoms with Gasteiger partial charge in [-0.15, -0.1) is 11.8 Å². The molecule has 2 aromatic rings. The zero-order valence-electron chi connectivity index (χ0n) is 19.5. The van der Waals surface area contributed by atoms with Crippen molar-refractivity contribution in [2.24, 2.45) is 0 Å². The molecule has 2 aliphatic rings. The van der Waals surface area contributed by atoms with Gasteiger partial charge in [0.2, 0.25) is 0 Å². The van der Waals surface area contributed by atoms with Gasteiger partial charge in [0.05, 0.1) is 5.69 Å². The van der Waals surface area contributed by atoms with E-state index in [9.17, 15) is 9.59 Å². The molecule has 0 atom stereocenters. The molecule has 7 nitrogen and oxygen atoms in total. The van der Waals surface area contributed by atoms with Crippen LogP contribution in [0, 0.1) is 13.8 Å². The maximum atomic E-state index is 13.1. The van der Waals surface area contributed by atoms with Gasteiger partial charge >= 0.3 is 6.03 Å². The molecule has 1 aromatic heterocycles. The summed E-state index contributed by atoms with van der Waals surface area (Å²) in [4.78, 5) is 34.5. The van der Waals surface area contributed by atoms with E-state index in [1.165, 1.54) is 32.4 Å². The molecule has 33 heavy (non-hydrogen) atoms. The van der Waals surface area contributed by atoms with Gasteiger partial charge in [-0.25, -0.2) is 9.78 Å². The molecule has 0 unspecified atom stereocenters. The van der Waals surface area contributed by atoms with Crippen LogP contribution in [0.3, 0.4) is 0 Å². The Morgan fingerprint density at radius 2 is 1.91 bits per heavy atom. The minimum Gasteiger partial charge on any atom is -0.352 e. The number of nitrogens with zero attached hydrogens (tertiary/aromatic N) is 3. The lowest BCUT2D eigenvalue weighted by atomic mass is 10.1. The van der Waals surface area contributed by atoms with Crippen molar-refractivity contribution in [2.75, 3.05) is 48.7 Å². The highest BCUT2D eigenvalue weighted by molar-refractivity contribution is 7.99. The molecular weight excluding hydrogens is 434 g/mol. The summed E-state index contributed by atoms with van der Waals surface area (Å²) >= 11 is 1.68. The first-order chi connectivity index (χ1) is 16.0. The quantitative estimate of drug-likeness (QED) is 0.614. The number of aryl methyl sites for hydroxylation is 2. The number of nitrogens with one attached hydrogen (secondary N) is 2. The first-order valence-electron chi connectivity index (χ1n) is 11.8. The van der Waals surface area contributed by atoms with Crippen molar-refractivity contribution >= 4 is 35.1 Å². The van der Waals surface area contributed by atoms with Crippen LogP contribution in [0.1, 0.15) is 47.3 Å². The van der Waals surface area contributed by atoms with Gasteiger partial charge < -0.3 is 15.5 Å². The van der Waals surface area contributed by atoms with E-state index in [1.807, 2.05) is 26.0 Å². The summed E-state index contributed by atoms with van der Waals surface area (Å²) in [6.45, 7) is 8.62. The van der Waals surface area contributed by atoms with E-state index in [2.05, 4.69) is 20.5 Å². The number of hydrogen-bond acceptors (Lipinski definition) is 5. The third kappa shape index (κ3) is 6.06. The second kappa shape index (κ2) is 11.0. The van der Waals surface area contributed by atoms with Gasteiger partial charge in [-0.1, -0.05) is 12.5 Å². The number of aromatic nitrogens is 1. The fourth-order valence-corrected chi connectivity index (χ4v) is 5.58. The molecule has 2 aliphatic heterocycles. The van der Waals surface area contributed by atoms with Gasteiger partial charge in [0.25, 0.3) is 5.91 Å². The fraction of sp³-hybridized carbons (Fsp3) is 0.480. The number of anilines is 2. The van der Waals surface area contributed by atoms with E-state index in [4.69, 9.17) is 0 Å². The van der Waals surface area contributed by atoms with Gasteiger partial charge in [0.15, 0.2) is 0 Å². The predicted octanol–water partition coefficient (Wildman–Crippen LogP) is 4.45. The predicted molar refractivity (Wildman–Crippen MR) is 134 cm³/mol. The molecule has 0 aliphatic carbocycles. The highest BCUT2D eigenvalue weighted by atomic mass is 32.2. The molecule has 8 heteroatoms. The maximum absolute atomic E-state index is 13.1. The van der Waals surface area contributed by atoms with Crippen molar-refractivity contribution in [1.82, 2.24) is 15.2 Å². The van der Waals surface area contributed by atoms with Gasteiger partial charge in [0, 0.05) is 35.8 Å². The van der Waals surface area contributed by atoms with Crippen LogP contribution >= 0.6 is 11.8 Å². The van der Waals surface area contributed by atoms with Crippen LogP contribution in [-0.4, -0.2) is 60.3 Å². The van der Waals surface area contributed by atoms with Gasteiger partial charge in [0.1, 0.15) is 5.03 Å². The van der Waals surface area contributed by atoms with E-state index >= 15 is 0 Å². The van der Waals surface area contributed by atoms with Crippen LogP contribution in [0.25, 0.3) is 0 Å². The number of hydrogen-bond donors (Lipinski definition) is 2. The van der Waals surface area contributed by atoms with Gasteiger partial charge in [-0.2, -0.15) is 0 Å². The fourth-order valence-electron chi connectivity index (χ4n) is 4.49. The second-order valence-corrected chi connectivity index (χ2v) is 9.84. The number of benzene rings is 1. The number of rotatable bonds is 6. The Kier molecular flexibility index (Phi) is 7.88. The lowest BCUT2D eigenvalue weighted by Crippen LogP contribution is -2.39. The van der Waals surface area contributed by atoms with E-state index in [0.29, 0.717) is 24.3 Å². The number of carbonyl (C=O) groups is 2. The minimum atomic E-state index is -0.204. The number of urea groups is 1. The molecule has 176 valence electrons. The molecule has 1 fully saturated rings. The van der Waals surface area contributed by atoms with E-state index < -0.39 is 0 Å². The summed E-state index contributed by atoms with van der Waals surface area (Å²) in [5.41, 5.74) is 4.03. The molecule has 3 heterocycles.